The average Bonchev–Trinajstić information content (AvgIpc) is 2.38. The first-order valence-corrected chi connectivity index (χ1v) is 6.88. The summed E-state index contributed by atoms with van der Waals surface area (Å²) in [6.45, 7) is 5.80. The Hall–Kier alpha value is -1.10. The number of methoxy groups -OCH3 is 1. The molecule has 1 saturated carbocycles. The molecule has 0 heterocycles. The van der Waals surface area contributed by atoms with Crippen molar-refractivity contribution in [3.63, 3.8) is 0 Å². The van der Waals surface area contributed by atoms with Crippen LogP contribution in [0.5, 0.6) is 0 Å². The molecule has 5 nitrogen and oxygen atoms in total. The molecule has 0 spiro atoms. The molecule has 1 aliphatic carbocycles. The van der Waals surface area contributed by atoms with E-state index in [-0.39, 0.29) is 5.91 Å². The normalized spacial score (nSPS) is 27.7. The Morgan fingerprint density at radius 3 is 2.32 bits per heavy atom. The highest BCUT2D eigenvalue weighted by atomic mass is 16.5. The van der Waals surface area contributed by atoms with Crippen LogP contribution in [0.15, 0.2) is 0 Å². The predicted molar refractivity (Wildman–Crippen MR) is 73.4 cm³/mol. The smallest absolute Gasteiger partial charge is 0.330 e. The number of rotatable bonds is 4. The summed E-state index contributed by atoms with van der Waals surface area (Å²) >= 11 is 0. The van der Waals surface area contributed by atoms with Crippen molar-refractivity contribution >= 4 is 11.9 Å². The van der Waals surface area contributed by atoms with E-state index in [1.165, 1.54) is 7.11 Å². The number of esters is 1. The lowest BCUT2D eigenvalue weighted by Crippen LogP contribution is -2.57. The van der Waals surface area contributed by atoms with Gasteiger partial charge in [0, 0.05) is 6.54 Å². The second-order valence-electron chi connectivity index (χ2n) is 6.24. The van der Waals surface area contributed by atoms with Gasteiger partial charge in [0.1, 0.15) is 5.54 Å². The number of hydrogen-bond acceptors (Lipinski definition) is 4. The lowest BCUT2D eigenvalue weighted by atomic mass is 9.70. The van der Waals surface area contributed by atoms with Gasteiger partial charge in [0.25, 0.3) is 0 Å². The Morgan fingerprint density at radius 1 is 1.37 bits per heavy atom. The van der Waals surface area contributed by atoms with Gasteiger partial charge in [0.05, 0.1) is 12.5 Å². The van der Waals surface area contributed by atoms with Gasteiger partial charge in [0.15, 0.2) is 0 Å². The van der Waals surface area contributed by atoms with Crippen LogP contribution in [0.2, 0.25) is 0 Å². The minimum Gasteiger partial charge on any atom is -0.467 e. The monoisotopic (exact) mass is 270 g/mol. The van der Waals surface area contributed by atoms with E-state index in [1.54, 1.807) is 13.8 Å². The van der Waals surface area contributed by atoms with Crippen molar-refractivity contribution in [2.75, 3.05) is 13.7 Å². The van der Waals surface area contributed by atoms with E-state index in [2.05, 4.69) is 12.2 Å². The molecule has 0 unspecified atom stereocenters. The summed E-state index contributed by atoms with van der Waals surface area (Å²) in [6.07, 6.45) is 3.58. The third kappa shape index (κ3) is 3.47. The average molecular weight is 270 g/mol. The fraction of sp³-hybridized carbons (Fsp3) is 0.857. The van der Waals surface area contributed by atoms with Gasteiger partial charge >= 0.3 is 5.97 Å². The van der Waals surface area contributed by atoms with Crippen LogP contribution in [0, 0.1) is 11.3 Å². The highest BCUT2D eigenvalue weighted by Crippen LogP contribution is 2.38. The van der Waals surface area contributed by atoms with Crippen molar-refractivity contribution in [1.29, 1.82) is 0 Å². The van der Waals surface area contributed by atoms with Gasteiger partial charge in [-0.25, -0.2) is 4.79 Å². The van der Waals surface area contributed by atoms with Gasteiger partial charge in [-0.2, -0.15) is 0 Å². The molecular weight excluding hydrogens is 244 g/mol. The fourth-order valence-corrected chi connectivity index (χ4v) is 2.56. The third-order valence-electron chi connectivity index (χ3n) is 4.23. The topological polar surface area (TPSA) is 81.4 Å². The maximum Gasteiger partial charge on any atom is 0.330 e. The molecule has 5 heteroatoms. The number of carbonyl (C=O) groups excluding carboxylic acids is 2. The van der Waals surface area contributed by atoms with Crippen molar-refractivity contribution in [3.05, 3.63) is 0 Å². The number of nitrogens with two attached hydrogens (primary N) is 1. The van der Waals surface area contributed by atoms with E-state index in [9.17, 15) is 9.59 Å². The lowest BCUT2D eigenvalue weighted by Gasteiger charge is -2.39. The molecule has 1 rings (SSSR count). The Bertz CT molecular complexity index is 345. The molecule has 0 bridgehead atoms. The second kappa shape index (κ2) is 5.90. The SMILES string of the molecule is COC(=O)C(C)(C)NC(=O)C1(CN)CCC(C)CC1. The molecule has 0 atom stereocenters. The quantitative estimate of drug-likeness (QED) is 0.752. The van der Waals surface area contributed by atoms with Crippen LogP contribution in [0.4, 0.5) is 0 Å². The van der Waals surface area contributed by atoms with Crippen LogP contribution in [-0.2, 0) is 14.3 Å². The van der Waals surface area contributed by atoms with Gasteiger partial charge < -0.3 is 15.8 Å². The molecule has 0 saturated heterocycles. The molecular formula is C14H26N2O3. The van der Waals surface area contributed by atoms with Crippen LogP contribution in [0.25, 0.3) is 0 Å². The first kappa shape index (κ1) is 16.0. The highest BCUT2D eigenvalue weighted by Gasteiger charge is 2.43. The Morgan fingerprint density at radius 2 is 1.89 bits per heavy atom. The van der Waals surface area contributed by atoms with E-state index < -0.39 is 16.9 Å². The predicted octanol–water partition coefficient (Wildman–Crippen LogP) is 1.21. The molecule has 0 radical (unpaired) electrons. The molecule has 0 aliphatic heterocycles. The van der Waals surface area contributed by atoms with E-state index in [4.69, 9.17) is 10.5 Å². The number of amides is 1. The van der Waals surface area contributed by atoms with Gasteiger partial charge in [-0.15, -0.1) is 0 Å². The second-order valence-corrected chi connectivity index (χ2v) is 6.24. The van der Waals surface area contributed by atoms with Crippen LogP contribution in [-0.4, -0.2) is 31.1 Å². The van der Waals surface area contributed by atoms with Gasteiger partial charge in [-0.1, -0.05) is 6.92 Å². The zero-order valence-electron chi connectivity index (χ0n) is 12.4. The molecule has 0 aromatic rings. The molecule has 3 N–H and O–H groups in total. The molecule has 1 fully saturated rings. The maximum absolute atomic E-state index is 12.5. The molecule has 0 aromatic carbocycles. The summed E-state index contributed by atoms with van der Waals surface area (Å²) in [7, 11) is 1.32. The van der Waals surface area contributed by atoms with Gasteiger partial charge in [-0.3, -0.25) is 4.79 Å². The van der Waals surface area contributed by atoms with Gasteiger partial charge in [-0.05, 0) is 45.4 Å². The number of ether oxygens (including phenoxy) is 1. The standard InChI is InChI=1S/C14H26N2O3/c1-10-5-7-14(9-15,8-6-10)11(17)16-13(2,3)12(18)19-4/h10H,5-9,15H2,1-4H3,(H,16,17). The molecule has 1 aliphatic rings. The summed E-state index contributed by atoms with van der Waals surface area (Å²) < 4.78 is 4.70. The Kier molecular flexibility index (Phi) is 4.96. The summed E-state index contributed by atoms with van der Waals surface area (Å²) in [4.78, 5) is 24.1. The van der Waals surface area contributed by atoms with Crippen LogP contribution >= 0.6 is 0 Å². The molecule has 110 valence electrons. The van der Waals surface area contributed by atoms with E-state index in [0.29, 0.717) is 12.5 Å². The van der Waals surface area contributed by atoms with E-state index >= 15 is 0 Å². The minimum absolute atomic E-state index is 0.127. The van der Waals surface area contributed by atoms with Gasteiger partial charge in [0.2, 0.25) is 5.91 Å². The van der Waals surface area contributed by atoms with Crippen LogP contribution in [0.1, 0.15) is 46.5 Å². The first-order chi connectivity index (χ1) is 8.77. The fourth-order valence-electron chi connectivity index (χ4n) is 2.56. The maximum atomic E-state index is 12.5. The molecule has 19 heavy (non-hydrogen) atoms. The van der Waals surface area contributed by atoms with Crippen LogP contribution in [0.3, 0.4) is 0 Å². The van der Waals surface area contributed by atoms with Crippen molar-refractivity contribution in [2.24, 2.45) is 17.1 Å². The molecule has 1 amide bonds. The number of nitrogens with one attached hydrogen (secondary N) is 1. The van der Waals surface area contributed by atoms with Crippen molar-refractivity contribution in [3.8, 4) is 0 Å². The zero-order valence-corrected chi connectivity index (χ0v) is 12.4. The summed E-state index contributed by atoms with van der Waals surface area (Å²) in [5.74, 6) is 0.0654. The number of hydrogen-bond donors (Lipinski definition) is 2. The summed E-state index contributed by atoms with van der Waals surface area (Å²) in [6, 6.07) is 0. The lowest BCUT2D eigenvalue weighted by molar-refractivity contribution is -0.151. The molecule has 0 aromatic heterocycles. The minimum atomic E-state index is -1.02. The highest BCUT2D eigenvalue weighted by molar-refractivity contribution is 5.90. The van der Waals surface area contributed by atoms with E-state index in [1.807, 2.05) is 0 Å². The van der Waals surface area contributed by atoms with Crippen molar-refractivity contribution < 1.29 is 14.3 Å². The largest absolute Gasteiger partial charge is 0.467 e. The van der Waals surface area contributed by atoms with Crippen molar-refractivity contribution in [1.82, 2.24) is 5.32 Å². The van der Waals surface area contributed by atoms with Crippen molar-refractivity contribution in [2.45, 2.75) is 52.0 Å². The Balaban J connectivity index is 2.77. The Labute approximate surface area is 115 Å². The summed E-state index contributed by atoms with van der Waals surface area (Å²) in [5.41, 5.74) is 4.29. The van der Waals surface area contributed by atoms with Crippen LogP contribution < -0.4 is 11.1 Å². The third-order valence-corrected chi connectivity index (χ3v) is 4.23. The number of carbonyl (C=O) groups is 2. The summed E-state index contributed by atoms with van der Waals surface area (Å²) in [5, 5.41) is 2.79. The zero-order chi connectivity index (χ0) is 14.7. The van der Waals surface area contributed by atoms with E-state index in [0.717, 1.165) is 25.7 Å². The first-order valence-electron chi connectivity index (χ1n) is 6.88.